The lowest BCUT2D eigenvalue weighted by molar-refractivity contribution is -0.142. The number of nitrogens with zero attached hydrogens (tertiary/aromatic N) is 2. The lowest BCUT2D eigenvalue weighted by Crippen LogP contribution is -2.30. The summed E-state index contributed by atoms with van der Waals surface area (Å²) in [5.41, 5.74) is 1.05. The molecule has 0 atom stereocenters. The smallest absolute Gasteiger partial charge is 0.319 e. The Hall–Kier alpha value is -0.940. The SMILES string of the molecule is CCCc1nc(CN(CC)CC(=O)OC)cs1. The van der Waals surface area contributed by atoms with Gasteiger partial charge in [0.25, 0.3) is 0 Å². The average Bonchev–Trinajstić information content (AvgIpc) is 2.76. The molecule has 5 heteroatoms. The van der Waals surface area contributed by atoms with Crippen LogP contribution in [-0.2, 0) is 22.5 Å². The molecule has 0 amide bonds. The summed E-state index contributed by atoms with van der Waals surface area (Å²) >= 11 is 1.70. The van der Waals surface area contributed by atoms with E-state index in [-0.39, 0.29) is 5.97 Å². The highest BCUT2D eigenvalue weighted by atomic mass is 32.1. The number of aryl methyl sites for hydroxylation is 1. The topological polar surface area (TPSA) is 42.4 Å². The zero-order chi connectivity index (χ0) is 12.7. The molecule has 0 aliphatic heterocycles. The molecule has 0 N–H and O–H groups in total. The molecule has 0 saturated heterocycles. The van der Waals surface area contributed by atoms with Crippen molar-refractivity contribution in [1.29, 1.82) is 0 Å². The lowest BCUT2D eigenvalue weighted by Gasteiger charge is -2.17. The van der Waals surface area contributed by atoms with Crippen LogP contribution in [0.2, 0.25) is 0 Å². The van der Waals surface area contributed by atoms with Gasteiger partial charge in [0.1, 0.15) is 0 Å². The number of likely N-dealkylation sites (N-methyl/N-ethyl adjacent to an activating group) is 1. The van der Waals surface area contributed by atoms with E-state index in [4.69, 9.17) is 0 Å². The number of esters is 1. The normalized spacial score (nSPS) is 10.8. The minimum Gasteiger partial charge on any atom is -0.468 e. The molecule has 0 aromatic carbocycles. The Morgan fingerprint density at radius 3 is 2.88 bits per heavy atom. The summed E-state index contributed by atoms with van der Waals surface area (Å²) in [4.78, 5) is 17.8. The van der Waals surface area contributed by atoms with Gasteiger partial charge in [0, 0.05) is 11.9 Å². The molecule has 1 aromatic heterocycles. The number of hydrogen-bond donors (Lipinski definition) is 0. The second kappa shape index (κ2) is 7.40. The zero-order valence-corrected chi connectivity index (χ0v) is 11.5. The molecule has 0 aliphatic carbocycles. The van der Waals surface area contributed by atoms with Crippen molar-refractivity contribution in [3.8, 4) is 0 Å². The van der Waals surface area contributed by atoms with Crippen LogP contribution in [0.5, 0.6) is 0 Å². The summed E-state index contributed by atoms with van der Waals surface area (Å²) in [5, 5.41) is 3.25. The number of ether oxygens (including phenoxy) is 1. The third-order valence-electron chi connectivity index (χ3n) is 2.48. The number of aromatic nitrogens is 1. The second-order valence-corrected chi connectivity index (χ2v) is 4.80. The molecule has 0 unspecified atom stereocenters. The molecule has 0 spiro atoms. The van der Waals surface area contributed by atoms with E-state index in [1.54, 1.807) is 11.3 Å². The Balaban J connectivity index is 2.51. The molecule has 0 saturated carbocycles. The van der Waals surface area contributed by atoms with Gasteiger partial charge in [0.15, 0.2) is 0 Å². The van der Waals surface area contributed by atoms with Crippen LogP contribution in [0.3, 0.4) is 0 Å². The van der Waals surface area contributed by atoms with E-state index >= 15 is 0 Å². The zero-order valence-electron chi connectivity index (χ0n) is 10.7. The van der Waals surface area contributed by atoms with Crippen molar-refractivity contribution < 1.29 is 9.53 Å². The average molecular weight is 256 g/mol. The fourth-order valence-corrected chi connectivity index (χ4v) is 2.40. The first-order valence-electron chi connectivity index (χ1n) is 5.92. The minimum absolute atomic E-state index is 0.198. The van der Waals surface area contributed by atoms with Crippen LogP contribution in [0.15, 0.2) is 5.38 Å². The maximum absolute atomic E-state index is 11.2. The van der Waals surface area contributed by atoms with Crippen molar-refractivity contribution in [3.05, 3.63) is 16.1 Å². The quantitative estimate of drug-likeness (QED) is 0.701. The standard InChI is InChI=1S/C12H20N2O2S/c1-4-6-11-13-10(9-17-11)7-14(5-2)8-12(15)16-3/h9H,4-8H2,1-3H3. The summed E-state index contributed by atoms with van der Waals surface area (Å²) < 4.78 is 4.67. The van der Waals surface area contributed by atoms with E-state index < -0.39 is 0 Å². The van der Waals surface area contributed by atoms with Gasteiger partial charge in [-0.05, 0) is 19.4 Å². The Bertz CT molecular complexity index is 352. The van der Waals surface area contributed by atoms with Gasteiger partial charge >= 0.3 is 5.97 Å². The molecule has 0 radical (unpaired) electrons. The highest BCUT2D eigenvalue weighted by molar-refractivity contribution is 7.09. The van der Waals surface area contributed by atoms with Crippen LogP contribution in [0.25, 0.3) is 0 Å². The van der Waals surface area contributed by atoms with E-state index in [1.807, 2.05) is 11.8 Å². The molecule has 1 heterocycles. The largest absolute Gasteiger partial charge is 0.468 e. The molecule has 17 heavy (non-hydrogen) atoms. The van der Waals surface area contributed by atoms with Crippen LogP contribution in [-0.4, -0.2) is 36.1 Å². The minimum atomic E-state index is -0.198. The van der Waals surface area contributed by atoms with Gasteiger partial charge in [-0.3, -0.25) is 9.69 Å². The summed E-state index contributed by atoms with van der Waals surface area (Å²) in [6.45, 7) is 6.04. The summed E-state index contributed by atoms with van der Waals surface area (Å²) in [7, 11) is 1.42. The predicted molar refractivity (Wildman–Crippen MR) is 69.1 cm³/mol. The van der Waals surface area contributed by atoms with Gasteiger partial charge in [-0.1, -0.05) is 13.8 Å². The maximum atomic E-state index is 11.2. The van der Waals surface area contributed by atoms with E-state index in [1.165, 1.54) is 12.1 Å². The number of carbonyl (C=O) groups excluding carboxylic acids is 1. The fourth-order valence-electron chi connectivity index (χ4n) is 1.51. The van der Waals surface area contributed by atoms with Gasteiger partial charge in [0.05, 0.1) is 24.4 Å². The van der Waals surface area contributed by atoms with Gasteiger partial charge < -0.3 is 4.74 Å². The first-order valence-corrected chi connectivity index (χ1v) is 6.80. The molecular formula is C12H20N2O2S. The third-order valence-corrected chi connectivity index (χ3v) is 3.43. The first-order chi connectivity index (χ1) is 8.19. The van der Waals surface area contributed by atoms with Crippen molar-refractivity contribution in [2.45, 2.75) is 33.2 Å². The summed E-state index contributed by atoms with van der Waals surface area (Å²) in [6.07, 6.45) is 2.15. The molecule has 0 bridgehead atoms. The maximum Gasteiger partial charge on any atom is 0.319 e. The number of carbonyl (C=O) groups is 1. The van der Waals surface area contributed by atoms with Crippen LogP contribution in [0.1, 0.15) is 31.0 Å². The molecular weight excluding hydrogens is 236 g/mol. The van der Waals surface area contributed by atoms with Gasteiger partial charge in [0.2, 0.25) is 0 Å². The second-order valence-electron chi connectivity index (χ2n) is 3.86. The number of hydrogen-bond acceptors (Lipinski definition) is 5. The van der Waals surface area contributed by atoms with Crippen LogP contribution < -0.4 is 0 Å². The molecule has 0 aliphatic rings. The van der Waals surface area contributed by atoms with E-state index in [0.717, 1.165) is 25.1 Å². The third kappa shape index (κ3) is 4.83. The van der Waals surface area contributed by atoms with Crippen LogP contribution in [0.4, 0.5) is 0 Å². The lowest BCUT2D eigenvalue weighted by atomic mass is 10.3. The molecule has 1 rings (SSSR count). The van der Waals surface area contributed by atoms with Gasteiger partial charge in [-0.2, -0.15) is 0 Å². The van der Waals surface area contributed by atoms with Gasteiger partial charge in [-0.15, -0.1) is 11.3 Å². The molecule has 96 valence electrons. The fraction of sp³-hybridized carbons (Fsp3) is 0.667. The van der Waals surface area contributed by atoms with E-state index in [9.17, 15) is 4.79 Å². The van der Waals surface area contributed by atoms with Crippen molar-refractivity contribution in [1.82, 2.24) is 9.88 Å². The first kappa shape index (κ1) is 14.1. The highest BCUT2D eigenvalue weighted by Gasteiger charge is 2.11. The molecule has 0 fully saturated rings. The van der Waals surface area contributed by atoms with Crippen LogP contribution in [0, 0.1) is 0 Å². The van der Waals surface area contributed by atoms with Crippen molar-refractivity contribution in [2.24, 2.45) is 0 Å². The Morgan fingerprint density at radius 1 is 1.53 bits per heavy atom. The number of thiazole rings is 1. The Kier molecular flexibility index (Phi) is 6.15. The molecule has 4 nitrogen and oxygen atoms in total. The van der Waals surface area contributed by atoms with Crippen molar-refractivity contribution >= 4 is 17.3 Å². The Morgan fingerprint density at radius 2 is 2.29 bits per heavy atom. The molecule has 1 aromatic rings. The van der Waals surface area contributed by atoms with Gasteiger partial charge in [-0.25, -0.2) is 4.98 Å². The predicted octanol–water partition coefficient (Wildman–Crippen LogP) is 2.09. The number of methoxy groups -OCH3 is 1. The number of rotatable bonds is 7. The van der Waals surface area contributed by atoms with Crippen molar-refractivity contribution in [2.75, 3.05) is 20.2 Å². The van der Waals surface area contributed by atoms with E-state index in [0.29, 0.717) is 13.1 Å². The monoisotopic (exact) mass is 256 g/mol. The highest BCUT2D eigenvalue weighted by Crippen LogP contribution is 2.13. The Labute approximate surface area is 107 Å². The van der Waals surface area contributed by atoms with Crippen LogP contribution >= 0.6 is 11.3 Å². The van der Waals surface area contributed by atoms with Crippen molar-refractivity contribution in [3.63, 3.8) is 0 Å². The summed E-state index contributed by atoms with van der Waals surface area (Å²) in [5.74, 6) is -0.198. The summed E-state index contributed by atoms with van der Waals surface area (Å²) in [6, 6.07) is 0. The van der Waals surface area contributed by atoms with E-state index in [2.05, 4.69) is 22.0 Å².